The molecular weight excluding hydrogens is 302 g/mol. The van der Waals surface area contributed by atoms with Gasteiger partial charge in [-0.1, -0.05) is 12.1 Å². The van der Waals surface area contributed by atoms with E-state index >= 15 is 0 Å². The predicted molar refractivity (Wildman–Crippen MR) is 85.4 cm³/mol. The van der Waals surface area contributed by atoms with Gasteiger partial charge in [0.15, 0.2) is 5.54 Å². The highest BCUT2D eigenvalue weighted by atomic mass is 32.2. The number of carboxylic acid groups (broad SMARTS) is 1. The monoisotopic (exact) mass is 319 g/mol. The Bertz CT molecular complexity index is 710. The Kier molecular flexibility index (Phi) is 4.56. The number of anilines is 1. The van der Waals surface area contributed by atoms with E-state index in [1.54, 1.807) is 12.1 Å². The summed E-state index contributed by atoms with van der Waals surface area (Å²) in [5.41, 5.74) is -0.157. The SMILES string of the molecule is CSc1ccccc1C(=O)Nc1cnn(C(C)(C)C(=O)O)c1. The van der Waals surface area contributed by atoms with Crippen molar-refractivity contribution < 1.29 is 14.7 Å². The van der Waals surface area contributed by atoms with E-state index in [1.165, 1.54) is 42.7 Å². The summed E-state index contributed by atoms with van der Waals surface area (Å²) >= 11 is 1.49. The number of aliphatic carboxylic acids is 1. The molecule has 0 aliphatic heterocycles. The summed E-state index contributed by atoms with van der Waals surface area (Å²) in [5.74, 6) is -1.25. The topological polar surface area (TPSA) is 84.2 Å². The average Bonchev–Trinajstić information content (AvgIpc) is 2.96. The zero-order valence-corrected chi connectivity index (χ0v) is 13.3. The van der Waals surface area contributed by atoms with Crippen LogP contribution in [0.5, 0.6) is 0 Å². The van der Waals surface area contributed by atoms with Crippen molar-refractivity contribution in [3.63, 3.8) is 0 Å². The molecule has 1 heterocycles. The number of amides is 1. The fraction of sp³-hybridized carbons (Fsp3) is 0.267. The molecule has 0 radical (unpaired) electrons. The van der Waals surface area contributed by atoms with Gasteiger partial charge in [-0.25, -0.2) is 4.79 Å². The van der Waals surface area contributed by atoms with E-state index in [9.17, 15) is 14.7 Å². The van der Waals surface area contributed by atoms with E-state index < -0.39 is 11.5 Å². The van der Waals surface area contributed by atoms with E-state index in [1.807, 2.05) is 18.4 Å². The van der Waals surface area contributed by atoms with Crippen LogP contribution in [0.2, 0.25) is 0 Å². The van der Waals surface area contributed by atoms with Crippen LogP contribution in [-0.2, 0) is 10.3 Å². The van der Waals surface area contributed by atoms with Crippen LogP contribution < -0.4 is 5.32 Å². The van der Waals surface area contributed by atoms with Crippen molar-refractivity contribution in [2.24, 2.45) is 0 Å². The molecule has 2 N–H and O–H groups in total. The maximum Gasteiger partial charge on any atom is 0.331 e. The maximum atomic E-state index is 12.3. The fourth-order valence-electron chi connectivity index (χ4n) is 1.82. The molecule has 116 valence electrons. The number of thioether (sulfide) groups is 1. The van der Waals surface area contributed by atoms with Crippen LogP contribution in [0.25, 0.3) is 0 Å². The molecule has 0 aliphatic carbocycles. The van der Waals surface area contributed by atoms with Gasteiger partial charge in [-0.3, -0.25) is 9.48 Å². The van der Waals surface area contributed by atoms with Gasteiger partial charge in [-0.15, -0.1) is 11.8 Å². The molecule has 22 heavy (non-hydrogen) atoms. The minimum atomic E-state index is -1.18. The molecule has 2 aromatic rings. The lowest BCUT2D eigenvalue weighted by Gasteiger charge is -2.19. The Hall–Kier alpha value is -2.28. The number of carbonyl (C=O) groups excluding carboxylic acids is 1. The lowest BCUT2D eigenvalue weighted by atomic mass is 10.1. The number of nitrogens with one attached hydrogen (secondary N) is 1. The van der Waals surface area contributed by atoms with Gasteiger partial charge in [0.2, 0.25) is 0 Å². The van der Waals surface area contributed by atoms with Crippen LogP contribution in [0.1, 0.15) is 24.2 Å². The zero-order valence-electron chi connectivity index (χ0n) is 12.5. The number of rotatable bonds is 5. The quantitative estimate of drug-likeness (QED) is 0.828. The van der Waals surface area contributed by atoms with Crippen molar-refractivity contribution in [3.05, 3.63) is 42.2 Å². The number of carbonyl (C=O) groups is 2. The van der Waals surface area contributed by atoms with Crippen LogP contribution in [0.3, 0.4) is 0 Å². The number of hydrogen-bond acceptors (Lipinski definition) is 4. The highest BCUT2D eigenvalue weighted by molar-refractivity contribution is 7.98. The van der Waals surface area contributed by atoms with Crippen molar-refractivity contribution >= 4 is 29.3 Å². The third-order valence-corrected chi connectivity index (χ3v) is 4.08. The normalized spacial score (nSPS) is 11.2. The van der Waals surface area contributed by atoms with Crippen molar-refractivity contribution in [2.75, 3.05) is 11.6 Å². The third-order valence-electron chi connectivity index (χ3n) is 3.29. The van der Waals surface area contributed by atoms with Crippen LogP contribution in [0.15, 0.2) is 41.6 Å². The summed E-state index contributed by atoms with van der Waals surface area (Å²) in [5, 5.41) is 15.9. The molecule has 0 spiro atoms. The minimum absolute atomic E-state index is 0.252. The van der Waals surface area contributed by atoms with Gasteiger partial charge in [-0.05, 0) is 32.2 Å². The minimum Gasteiger partial charge on any atom is -0.479 e. The smallest absolute Gasteiger partial charge is 0.331 e. The van der Waals surface area contributed by atoms with Gasteiger partial charge in [0, 0.05) is 11.1 Å². The van der Waals surface area contributed by atoms with Gasteiger partial charge in [0.25, 0.3) is 5.91 Å². The summed E-state index contributed by atoms with van der Waals surface area (Å²) in [6.07, 6.45) is 4.84. The van der Waals surface area contributed by atoms with Crippen LogP contribution in [-0.4, -0.2) is 33.0 Å². The lowest BCUT2D eigenvalue weighted by Crippen LogP contribution is -2.35. The van der Waals surface area contributed by atoms with Gasteiger partial charge in [0.1, 0.15) is 0 Å². The van der Waals surface area contributed by atoms with E-state index in [0.717, 1.165) is 4.90 Å². The first-order chi connectivity index (χ1) is 10.4. The van der Waals surface area contributed by atoms with Gasteiger partial charge < -0.3 is 10.4 Å². The first kappa shape index (κ1) is 16.1. The number of aromatic nitrogens is 2. The lowest BCUT2D eigenvalue weighted by molar-refractivity contribution is -0.146. The first-order valence-electron chi connectivity index (χ1n) is 6.59. The summed E-state index contributed by atoms with van der Waals surface area (Å²) in [7, 11) is 0. The van der Waals surface area contributed by atoms with Gasteiger partial charge in [-0.2, -0.15) is 5.10 Å². The molecular formula is C15H17N3O3S. The molecule has 7 heteroatoms. The maximum absolute atomic E-state index is 12.3. The molecule has 1 amide bonds. The van der Waals surface area contributed by atoms with Crippen molar-refractivity contribution in [1.82, 2.24) is 9.78 Å². The molecule has 0 bridgehead atoms. The van der Waals surface area contributed by atoms with Crippen LogP contribution in [0.4, 0.5) is 5.69 Å². The van der Waals surface area contributed by atoms with E-state index in [4.69, 9.17) is 0 Å². The predicted octanol–water partition coefficient (Wildman–Crippen LogP) is 2.68. The molecule has 1 aromatic heterocycles. The second kappa shape index (κ2) is 6.23. The average molecular weight is 319 g/mol. The zero-order chi connectivity index (χ0) is 16.3. The van der Waals surface area contributed by atoms with Crippen molar-refractivity contribution in [3.8, 4) is 0 Å². The summed E-state index contributed by atoms with van der Waals surface area (Å²) in [6, 6.07) is 7.28. The Morgan fingerprint density at radius 2 is 2.00 bits per heavy atom. The van der Waals surface area contributed by atoms with Crippen molar-refractivity contribution in [2.45, 2.75) is 24.3 Å². The molecule has 0 aliphatic rings. The molecule has 0 fully saturated rings. The fourth-order valence-corrected chi connectivity index (χ4v) is 2.42. The van der Waals surface area contributed by atoms with E-state index in [-0.39, 0.29) is 5.91 Å². The summed E-state index contributed by atoms with van der Waals surface area (Å²) in [6.45, 7) is 3.08. The van der Waals surface area contributed by atoms with Crippen molar-refractivity contribution in [1.29, 1.82) is 0 Å². The van der Waals surface area contributed by atoms with E-state index in [2.05, 4.69) is 10.4 Å². The first-order valence-corrected chi connectivity index (χ1v) is 7.81. The Labute approximate surface area is 132 Å². The molecule has 2 rings (SSSR count). The number of nitrogens with zero attached hydrogens (tertiary/aromatic N) is 2. The summed E-state index contributed by atoms with van der Waals surface area (Å²) < 4.78 is 1.31. The third kappa shape index (κ3) is 3.14. The second-order valence-electron chi connectivity index (χ2n) is 5.19. The Balaban J connectivity index is 2.20. The second-order valence-corrected chi connectivity index (χ2v) is 6.04. The number of hydrogen-bond donors (Lipinski definition) is 2. The van der Waals surface area contributed by atoms with Crippen LogP contribution >= 0.6 is 11.8 Å². The Morgan fingerprint density at radius 3 is 2.64 bits per heavy atom. The molecule has 0 unspecified atom stereocenters. The highest BCUT2D eigenvalue weighted by Gasteiger charge is 2.30. The van der Waals surface area contributed by atoms with E-state index in [0.29, 0.717) is 11.3 Å². The Morgan fingerprint density at radius 1 is 1.32 bits per heavy atom. The molecule has 1 aromatic carbocycles. The number of benzene rings is 1. The molecule has 0 atom stereocenters. The molecule has 0 saturated carbocycles. The number of carboxylic acids is 1. The van der Waals surface area contributed by atoms with Crippen LogP contribution in [0, 0.1) is 0 Å². The largest absolute Gasteiger partial charge is 0.479 e. The highest BCUT2D eigenvalue weighted by Crippen LogP contribution is 2.22. The van der Waals surface area contributed by atoms with Gasteiger partial charge >= 0.3 is 5.97 Å². The summed E-state index contributed by atoms with van der Waals surface area (Å²) in [4.78, 5) is 24.4. The molecule has 6 nitrogen and oxygen atoms in total. The van der Waals surface area contributed by atoms with Gasteiger partial charge in [0.05, 0.1) is 17.4 Å². The molecule has 0 saturated heterocycles. The standard InChI is InChI=1S/C15H17N3O3S/c1-15(2,14(20)21)18-9-10(8-16-18)17-13(19)11-6-4-5-7-12(11)22-3/h4-9H,1-3H3,(H,17,19)(H,20,21).